The largest absolute Gasteiger partial charge is 0.497 e. The second kappa shape index (κ2) is 8.43. The van der Waals surface area contributed by atoms with Gasteiger partial charge >= 0.3 is 0 Å². The first-order chi connectivity index (χ1) is 14.9. The van der Waals surface area contributed by atoms with Gasteiger partial charge in [0.1, 0.15) is 17.2 Å². The van der Waals surface area contributed by atoms with Gasteiger partial charge in [0.15, 0.2) is 0 Å². The van der Waals surface area contributed by atoms with Gasteiger partial charge in [-0.05, 0) is 25.0 Å². The lowest BCUT2D eigenvalue weighted by Crippen LogP contribution is -2.40. The molecule has 0 radical (unpaired) electrons. The van der Waals surface area contributed by atoms with Crippen LogP contribution >= 0.6 is 0 Å². The van der Waals surface area contributed by atoms with E-state index in [9.17, 15) is 9.59 Å². The molecule has 162 valence electrons. The molecule has 2 aliphatic rings. The lowest BCUT2D eigenvalue weighted by molar-refractivity contribution is -0.121. The first-order valence-electron chi connectivity index (χ1n) is 10.2. The molecule has 0 atom stereocenters. The quantitative estimate of drug-likeness (QED) is 0.691. The number of imide groups is 1. The highest BCUT2D eigenvalue weighted by atomic mass is 16.5. The van der Waals surface area contributed by atoms with Crippen LogP contribution in [0.1, 0.15) is 16.7 Å². The van der Waals surface area contributed by atoms with Crippen LogP contribution in [0.3, 0.4) is 0 Å². The van der Waals surface area contributed by atoms with Crippen LogP contribution in [0, 0.1) is 13.8 Å². The lowest BCUT2D eigenvalue weighted by atomic mass is 9.97. The molecule has 4 rings (SSSR count). The summed E-state index contributed by atoms with van der Waals surface area (Å²) in [6.07, 6.45) is 0. The standard InChI is InChI=1S/C24H26N2O5/c1-15-5-6-20(16(2)11-15)21-22(25-7-9-31-10-8-25)24(28)26(23(21)27)17-12-18(29-3)14-19(13-17)30-4/h5-6,11-14H,7-10H2,1-4H3. The maximum absolute atomic E-state index is 13.7. The van der Waals surface area contributed by atoms with Crippen molar-refractivity contribution in [2.24, 2.45) is 0 Å². The second-order valence-electron chi connectivity index (χ2n) is 7.66. The summed E-state index contributed by atoms with van der Waals surface area (Å²) in [4.78, 5) is 30.5. The summed E-state index contributed by atoms with van der Waals surface area (Å²) < 4.78 is 16.2. The summed E-state index contributed by atoms with van der Waals surface area (Å²) in [5, 5.41) is 0. The topological polar surface area (TPSA) is 68.3 Å². The van der Waals surface area contributed by atoms with Crippen molar-refractivity contribution in [3.63, 3.8) is 0 Å². The van der Waals surface area contributed by atoms with Crippen LogP contribution in [-0.4, -0.2) is 57.2 Å². The van der Waals surface area contributed by atoms with Crippen LogP contribution in [0.4, 0.5) is 5.69 Å². The number of carbonyl (C=O) groups excluding carboxylic acids is 2. The highest BCUT2D eigenvalue weighted by molar-refractivity contribution is 6.45. The summed E-state index contributed by atoms with van der Waals surface area (Å²) >= 11 is 0. The van der Waals surface area contributed by atoms with Crippen molar-refractivity contribution in [2.45, 2.75) is 13.8 Å². The van der Waals surface area contributed by atoms with Crippen LogP contribution in [0.2, 0.25) is 0 Å². The molecule has 1 fully saturated rings. The normalized spacial score (nSPS) is 16.9. The third kappa shape index (κ3) is 3.77. The Balaban J connectivity index is 1.86. The molecule has 1 saturated heterocycles. The van der Waals surface area contributed by atoms with Gasteiger partial charge in [0, 0.05) is 31.3 Å². The van der Waals surface area contributed by atoms with Crippen LogP contribution in [0.5, 0.6) is 11.5 Å². The number of aryl methyl sites for hydroxylation is 2. The maximum Gasteiger partial charge on any atom is 0.282 e. The number of morpholine rings is 1. The SMILES string of the molecule is COc1cc(OC)cc(N2C(=O)C(c3ccc(C)cc3C)=C(N3CCOCC3)C2=O)c1. The molecule has 2 heterocycles. The zero-order valence-electron chi connectivity index (χ0n) is 18.2. The molecule has 0 saturated carbocycles. The number of benzene rings is 2. The molecule has 0 bridgehead atoms. The first-order valence-corrected chi connectivity index (χ1v) is 10.2. The molecule has 31 heavy (non-hydrogen) atoms. The Kier molecular flexibility index (Phi) is 5.69. The maximum atomic E-state index is 13.7. The van der Waals surface area contributed by atoms with Gasteiger partial charge < -0.3 is 19.1 Å². The Hall–Kier alpha value is -3.32. The Morgan fingerprint density at radius 2 is 1.52 bits per heavy atom. The number of rotatable bonds is 5. The van der Waals surface area contributed by atoms with E-state index in [1.54, 1.807) is 18.2 Å². The van der Waals surface area contributed by atoms with Gasteiger partial charge in [-0.1, -0.05) is 23.8 Å². The zero-order chi connectivity index (χ0) is 22.1. The summed E-state index contributed by atoms with van der Waals surface area (Å²) in [5.74, 6) is 0.302. The summed E-state index contributed by atoms with van der Waals surface area (Å²) in [6, 6.07) is 10.9. The average Bonchev–Trinajstić information content (AvgIpc) is 3.03. The third-order valence-corrected chi connectivity index (χ3v) is 5.63. The van der Waals surface area contributed by atoms with Crippen LogP contribution in [0.15, 0.2) is 42.1 Å². The number of anilines is 1. The predicted molar refractivity (Wildman–Crippen MR) is 117 cm³/mol. The smallest absolute Gasteiger partial charge is 0.282 e. The molecular formula is C24H26N2O5. The summed E-state index contributed by atoms with van der Waals surface area (Å²) in [5.41, 5.74) is 4.07. The van der Waals surface area contributed by atoms with E-state index in [0.29, 0.717) is 54.8 Å². The number of carbonyl (C=O) groups is 2. The number of hydrogen-bond donors (Lipinski definition) is 0. The lowest BCUT2D eigenvalue weighted by Gasteiger charge is -2.29. The van der Waals surface area contributed by atoms with Crippen molar-refractivity contribution in [1.82, 2.24) is 4.90 Å². The molecule has 0 aliphatic carbocycles. The fourth-order valence-corrected chi connectivity index (χ4v) is 4.09. The summed E-state index contributed by atoms with van der Waals surface area (Å²) in [7, 11) is 3.06. The Bertz CT molecular complexity index is 1050. The van der Waals surface area contributed by atoms with E-state index in [0.717, 1.165) is 16.7 Å². The van der Waals surface area contributed by atoms with Crippen molar-refractivity contribution in [3.05, 3.63) is 58.8 Å². The van der Waals surface area contributed by atoms with E-state index < -0.39 is 0 Å². The van der Waals surface area contributed by atoms with E-state index in [2.05, 4.69) is 0 Å². The van der Waals surface area contributed by atoms with Gasteiger partial charge in [-0.15, -0.1) is 0 Å². The highest BCUT2D eigenvalue weighted by Crippen LogP contribution is 2.38. The molecule has 7 nitrogen and oxygen atoms in total. The van der Waals surface area contributed by atoms with Crippen molar-refractivity contribution < 1.29 is 23.8 Å². The van der Waals surface area contributed by atoms with Gasteiger partial charge in [0.05, 0.1) is 38.7 Å². The fraction of sp³-hybridized carbons (Fsp3) is 0.333. The minimum Gasteiger partial charge on any atom is -0.497 e. The zero-order valence-corrected chi connectivity index (χ0v) is 18.2. The summed E-state index contributed by atoms with van der Waals surface area (Å²) in [6.45, 7) is 6.10. The fourth-order valence-electron chi connectivity index (χ4n) is 4.09. The monoisotopic (exact) mass is 422 g/mol. The van der Waals surface area contributed by atoms with E-state index in [-0.39, 0.29) is 11.8 Å². The number of hydrogen-bond acceptors (Lipinski definition) is 6. The Morgan fingerprint density at radius 1 is 0.871 bits per heavy atom. The van der Waals surface area contributed by atoms with E-state index in [1.165, 1.54) is 19.1 Å². The van der Waals surface area contributed by atoms with Gasteiger partial charge in [0.2, 0.25) is 0 Å². The minimum atomic E-state index is -0.353. The average molecular weight is 422 g/mol. The van der Waals surface area contributed by atoms with Gasteiger partial charge in [0.25, 0.3) is 11.8 Å². The Labute approximate surface area is 181 Å². The number of ether oxygens (including phenoxy) is 3. The molecule has 2 aliphatic heterocycles. The number of nitrogens with zero attached hydrogens (tertiary/aromatic N) is 2. The van der Waals surface area contributed by atoms with Crippen molar-refractivity contribution >= 4 is 23.1 Å². The Morgan fingerprint density at radius 3 is 2.10 bits per heavy atom. The highest BCUT2D eigenvalue weighted by Gasteiger charge is 2.43. The van der Waals surface area contributed by atoms with Crippen molar-refractivity contribution in [3.8, 4) is 11.5 Å². The molecule has 2 amide bonds. The molecule has 7 heteroatoms. The predicted octanol–water partition coefficient (Wildman–Crippen LogP) is 2.94. The molecule has 2 aromatic rings. The molecule has 0 N–H and O–H groups in total. The third-order valence-electron chi connectivity index (χ3n) is 5.63. The molecule has 0 spiro atoms. The molecule has 0 aromatic heterocycles. The van der Waals surface area contributed by atoms with Gasteiger partial charge in [-0.2, -0.15) is 0 Å². The van der Waals surface area contributed by atoms with Crippen molar-refractivity contribution in [2.75, 3.05) is 45.4 Å². The van der Waals surface area contributed by atoms with Crippen LogP contribution < -0.4 is 14.4 Å². The second-order valence-corrected chi connectivity index (χ2v) is 7.66. The van der Waals surface area contributed by atoms with Crippen molar-refractivity contribution in [1.29, 1.82) is 0 Å². The minimum absolute atomic E-state index is 0.350. The number of amides is 2. The molecular weight excluding hydrogens is 396 g/mol. The van der Waals surface area contributed by atoms with Gasteiger partial charge in [-0.25, -0.2) is 4.90 Å². The first kappa shape index (κ1) is 20.9. The van der Waals surface area contributed by atoms with E-state index >= 15 is 0 Å². The van der Waals surface area contributed by atoms with Crippen LogP contribution in [-0.2, 0) is 14.3 Å². The molecule has 2 aromatic carbocycles. The number of methoxy groups -OCH3 is 2. The molecule has 0 unspecified atom stereocenters. The van der Waals surface area contributed by atoms with Crippen LogP contribution in [0.25, 0.3) is 5.57 Å². The van der Waals surface area contributed by atoms with E-state index in [1.807, 2.05) is 36.9 Å². The van der Waals surface area contributed by atoms with E-state index in [4.69, 9.17) is 14.2 Å². The van der Waals surface area contributed by atoms with Gasteiger partial charge in [-0.3, -0.25) is 9.59 Å².